The van der Waals surface area contributed by atoms with E-state index >= 15 is 0 Å². The van der Waals surface area contributed by atoms with Gasteiger partial charge in [-0.3, -0.25) is 4.48 Å². The first kappa shape index (κ1) is 29.7. The quantitative estimate of drug-likeness (QED) is 0.235. The highest BCUT2D eigenvalue weighted by Gasteiger charge is 2.19. The Kier molecular flexibility index (Phi) is 21.8. The molecule has 0 aromatic heterocycles. The number of allylic oxidation sites excluding steroid dienone is 4. The molecule has 0 heterocycles. The maximum Gasteiger partial charge on any atom is 0.310 e. The average molecular weight is 412 g/mol. The zero-order chi connectivity index (χ0) is 22.4. The van der Waals surface area contributed by atoms with Crippen LogP contribution in [0.5, 0.6) is 0 Å². The zero-order valence-corrected chi connectivity index (χ0v) is 19.3. The molecule has 0 radical (unpaired) electrons. The van der Waals surface area contributed by atoms with Crippen LogP contribution < -0.4 is 5.11 Å². The highest BCUT2D eigenvalue weighted by Crippen LogP contribution is 2.07. The summed E-state index contributed by atoms with van der Waals surface area (Å²) < 4.78 is 0.260. The number of rotatable bonds is 16. The summed E-state index contributed by atoms with van der Waals surface area (Å²) in [6.07, 6.45) is 21.9. The molecule has 0 aliphatic carbocycles. The fourth-order valence-corrected chi connectivity index (χ4v) is 2.49. The van der Waals surface area contributed by atoms with Crippen molar-refractivity contribution in [2.75, 3.05) is 27.2 Å². The number of aliphatic carboxylic acids is 1. The molecule has 0 aliphatic heterocycles. The summed E-state index contributed by atoms with van der Waals surface area (Å²) in [5.74, 6) is -0.847. The molecule has 0 atom stereocenters. The second-order valence-electron chi connectivity index (χ2n) is 8.00. The van der Waals surface area contributed by atoms with Crippen LogP contribution in [0.2, 0.25) is 0 Å². The van der Waals surface area contributed by atoms with E-state index in [1.807, 2.05) is 0 Å². The van der Waals surface area contributed by atoms with E-state index in [2.05, 4.69) is 31.2 Å². The predicted molar refractivity (Wildman–Crippen MR) is 119 cm³/mol. The van der Waals surface area contributed by atoms with E-state index in [1.165, 1.54) is 45.4 Å². The number of likely N-dealkylation sites (N-methyl/N-ethyl adjacent to an activating group) is 1. The first-order valence-corrected chi connectivity index (χ1v) is 11.2. The lowest BCUT2D eigenvalue weighted by molar-refractivity contribution is -0.813. The molecule has 0 aromatic carbocycles. The van der Waals surface area contributed by atoms with Crippen LogP contribution in [0.4, 0.5) is 0 Å². The zero-order valence-electron chi connectivity index (χ0n) is 19.3. The van der Waals surface area contributed by atoms with Gasteiger partial charge in [-0.25, -0.2) is 4.79 Å². The number of aliphatic hydroxyl groups is 1. The van der Waals surface area contributed by atoms with E-state index in [9.17, 15) is 14.7 Å². The molecule has 1 amide bonds. The maximum atomic E-state index is 10.7. The Morgan fingerprint density at radius 3 is 1.83 bits per heavy atom. The van der Waals surface area contributed by atoms with E-state index in [4.69, 9.17) is 5.11 Å². The van der Waals surface area contributed by atoms with Gasteiger partial charge < -0.3 is 15.0 Å². The van der Waals surface area contributed by atoms with Crippen molar-refractivity contribution in [1.29, 1.82) is 0 Å². The van der Waals surface area contributed by atoms with E-state index in [1.54, 1.807) is 14.1 Å². The minimum atomic E-state index is -0.921. The topological polar surface area (TPSA) is 77.4 Å². The Morgan fingerprint density at radius 2 is 1.38 bits per heavy atom. The lowest BCUT2D eigenvalue weighted by atomic mass is 10.1. The Labute approximate surface area is 179 Å². The molecule has 0 fully saturated rings. The van der Waals surface area contributed by atoms with E-state index in [0.717, 1.165) is 32.1 Å². The molecule has 0 rings (SSSR count). The van der Waals surface area contributed by atoms with Gasteiger partial charge in [-0.1, -0.05) is 63.3 Å². The van der Waals surface area contributed by atoms with Gasteiger partial charge in [0.2, 0.25) is 0 Å². The molecule has 5 heteroatoms. The Bertz CT molecular complexity index is 456. The van der Waals surface area contributed by atoms with Crippen LogP contribution >= 0.6 is 0 Å². The number of amides is 1. The number of nitrogens with zero attached hydrogens (tertiary/aromatic N) is 1. The number of carboxylic acids is 1. The molecule has 1 N–H and O–H groups in total. The number of hydrogen-bond donors (Lipinski definition) is 1. The minimum absolute atomic E-state index is 0.0621. The summed E-state index contributed by atoms with van der Waals surface area (Å²) in [7, 11) is 3.55. The van der Waals surface area contributed by atoms with Crippen LogP contribution in [-0.4, -0.2) is 48.7 Å². The molecule has 0 aromatic rings. The van der Waals surface area contributed by atoms with Crippen molar-refractivity contribution in [3.8, 4) is 0 Å². The van der Waals surface area contributed by atoms with Crippen molar-refractivity contribution >= 4 is 11.9 Å². The van der Waals surface area contributed by atoms with Gasteiger partial charge in [0.05, 0.1) is 27.6 Å². The largest absolute Gasteiger partial charge is 0.550 e. The number of carbonyl (C=O) groups excluding carboxylic acids is 2. The van der Waals surface area contributed by atoms with Crippen LogP contribution in [-0.2, 0) is 9.59 Å². The molecular weight excluding hydrogens is 366 g/mol. The van der Waals surface area contributed by atoms with E-state index in [0.29, 0.717) is 6.54 Å². The standard InChI is InChI=1S/C18H32O2.C6H14NO2/c1-2-3-4-5-6-7-8-9-10-11-12-13-14-15-16-17-18(19)20;1-6(9)7(2,3)4-5-8/h6-7,9-10H,2-5,8,11-17H2,1H3,(H,19,20);8H,4-5H2,1-3H3/q;+1/p-1/b7-6-,10-9-;. The van der Waals surface area contributed by atoms with Crippen LogP contribution in [0.15, 0.2) is 24.3 Å². The van der Waals surface area contributed by atoms with Gasteiger partial charge in [0.25, 0.3) is 0 Å². The number of aliphatic hydroxyl groups excluding tert-OH is 1. The Balaban J connectivity index is 0. The Morgan fingerprint density at radius 1 is 0.862 bits per heavy atom. The second-order valence-corrected chi connectivity index (χ2v) is 8.00. The number of carbonyl (C=O) groups is 2. The lowest BCUT2D eigenvalue weighted by Crippen LogP contribution is -2.45. The third-order valence-electron chi connectivity index (χ3n) is 4.84. The first-order valence-electron chi connectivity index (χ1n) is 11.2. The van der Waals surface area contributed by atoms with Gasteiger partial charge in [0.15, 0.2) is 0 Å². The summed E-state index contributed by atoms with van der Waals surface area (Å²) in [5.41, 5.74) is 0. The number of quaternary nitrogens is 1. The predicted octanol–water partition coefficient (Wildman–Crippen LogP) is 4.15. The summed E-state index contributed by atoms with van der Waals surface area (Å²) >= 11 is 0. The van der Waals surface area contributed by atoms with Gasteiger partial charge in [0.1, 0.15) is 6.54 Å². The normalized spacial score (nSPS) is 11.6. The molecule has 0 spiro atoms. The van der Waals surface area contributed by atoms with Crippen LogP contribution in [0.3, 0.4) is 0 Å². The summed E-state index contributed by atoms with van der Waals surface area (Å²) in [5, 5.41) is 18.7. The molecule has 0 saturated carbocycles. The molecule has 0 saturated heterocycles. The fraction of sp³-hybridized carbons (Fsp3) is 0.750. The number of unbranched alkanes of at least 4 members (excludes halogenated alkanes) is 8. The van der Waals surface area contributed by atoms with Gasteiger partial charge in [-0.05, 0) is 44.9 Å². The van der Waals surface area contributed by atoms with Gasteiger partial charge in [-0.15, -0.1) is 0 Å². The van der Waals surface area contributed by atoms with Crippen molar-refractivity contribution in [3.05, 3.63) is 24.3 Å². The molecule has 0 aliphatic rings. The van der Waals surface area contributed by atoms with Gasteiger partial charge in [-0.2, -0.15) is 0 Å². The molecule has 5 nitrogen and oxygen atoms in total. The maximum absolute atomic E-state index is 10.7. The van der Waals surface area contributed by atoms with Crippen LogP contribution in [0, 0.1) is 0 Å². The molecule has 0 unspecified atom stereocenters. The molecule has 0 bridgehead atoms. The summed E-state index contributed by atoms with van der Waals surface area (Å²) in [6.45, 7) is 4.31. The van der Waals surface area contributed by atoms with Crippen molar-refractivity contribution in [1.82, 2.24) is 0 Å². The fourth-order valence-electron chi connectivity index (χ4n) is 2.49. The lowest BCUT2D eigenvalue weighted by Gasteiger charge is -2.23. The smallest absolute Gasteiger partial charge is 0.310 e. The molecular formula is C24H45NO4. The highest BCUT2D eigenvalue weighted by atomic mass is 16.4. The Hall–Kier alpha value is -1.46. The average Bonchev–Trinajstić information content (AvgIpc) is 2.65. The third-order valence-corrected chi connectivity index (χ3v) is 4.84. The van der Waals surface area contributed by atoms with Crippen molar-refractivity contribution in [2.45, 2.75) is 90.9 Å². The third kappa shape index (κ3) is 24.5. The summed E-state index contributed by atoms with van der Waals surface area (Å²) in [6, 6.07) is 0. The second kappa shape index (κ2) is 21.3. The molecule has 29 heavy (non-hydrogen) atoms. The number of carboxylic acid groups (broad SMARTS) is 1. The first-order chi connectivity index (χ1) is 13.8. The van der Waals surface area contributed by atoms with E-state index in [-0.39, 0.29) is 23.4 Å². The van der Waals surface area contributed by atoms with Crippen molar-refractivity contribution in [3.63, 3.8) is 0 Å². The number of hydrogen-bond acceptors (Lipinski definition) is 4. The highest BCUT2D eigenvalue weighted by molar-refractivity contribution is 5.65. The summed E-state index contributed by atoms with van der Waals surface area (Å²) in [4.78, 5) is 20.9. The van der Waals surface area contributed by atoms with Crippen LogP contribution in [0.1, 0.15) is 90.9 Å². The monoisotopic (exact) mass is 411 g/mol. The van der Waals surface area contributed by atoms with Crippen molar-refractivity contribution in [2.24, 2.45) is 0 Å². The molecule has 170 valence electrons. The van der Waals surface area contributed by atoms with Gasteiger partial charge in [0, 0.05) is 5.97 Å². The van der Waals surface area contributed by atoms with Crippen LogP contribution in [0.25, 0.3) is 0 Å². The SMILES string of the molecule is CC(=O)[N+](C)(C)CCO.CCCCC/C=C\C/C=C\CCCCCCCC(=O)[O-]. The van der Waals surface area contributed by atoms with E-state index < -0.39 is 5.97 Å². The minimum Gasteiger partial charge on any atom is -0.550 e. The van der Waals surface area contributed by atoms with Gasteiger partial charge >= 0.3 is 5.91 Å². The van der Waals surface area contributed by atoms with Crippen molar-refractivity contribution < 1.29 is 24.3 Å².